The number of rotatable bonds is 8. The highest BCUT2D eigenvalue weighted by molar-refractivity contribution is 8.27. The first kappa shape index (κ1) is 27.1. The first-order chi connectivity index (χ1) is 18.1. The predicted octanol–water partition coefficient (Wildman–Crippen LogP) is 5.09. The standard InChI is InChI=1S/C25H20N2O8S3/c1-15-8-10-17(14-19(15)27(29)30)38(31,32)35-21-11-9-16(12-22(21)34-3)13-23-24(28)26(25(36)37-23)18-6-4-5-7-20(18)33-2/h4-14H,1-3H3/b23-13-. The summed E-state index contributed by atoms with van der Waals surface area (Å²) in [5.74, 6) is 0.0965. The summed E-state index contributed by atoms with van der Waals surface area (Å²) in [6, 6.07) is 14.9. The second-order valence-corrected chi connectivity index (χ2v) is 11.1. The maximum absolute atomic E-state index is 13.2. The maximum Gasteiger partial charge on any atom is 0.339 e. The average molecular weight is 573 g/mol. The van der Waals surface area contributed by atoms with Gasteiger partial charge in [-0.15, -0.1) is 0 Å². The molecular formula is C25H20N2O8S3. The number of nitro groups is 1. The number of para-hydroxylation sites is 2. The van der Waals surface area contributed by atoms with Crippen molar-refractivity contribution in [1.29, 1.82) is 0 Å². The van der Waals surface area contributed by atoms with Crippen LogP contribution >= 0.6 is 24.0 Å². The van der Waals surface area contributed by atoms with E-state index < -0.39 is 15.0 Å². The molecule has 4 rings (SSSR count). The lowest BCUT2D eigenvalue weighted by Gasteiger charge is -2.17. The highest BCUT2D eigenvalue weighted by Gasteiger charge is 2.35. The van der Waals surface area contributed by atoms with Gasteiger partial charge in [-0.25, -0.2) is 0 Å². The fourth-order valence-corrected chi connectivity index (χ4v) is 5.84. The molecule has 0 N–H and O–H groups in total. The first-order valence-corrected chi connectivity index (χ1v) is 13.5. The van der Waals surface area contributed by atoms with Crippen LogP contribution in [-0.4, -0.2) is 37.8 Å². The molecule has 13 heteroatoms. The molecule has 0 saturated carbocycles. The van der Waals surface area contributed by atoms with E-state index in [0.29, 0.717) is 31.8 Å². The summed E-state index contributed by atoms with van der Waals surface area (Å²) >= 11 is 6.54. The van der Waals surface area contributed by atoms with E-state index >= 15 is 0 Å². The first-order valence-electron chi connectivity index (χ1n) is 10.8. The number of thiocarbonyl (C=S) groups is 1. The van der Waals surface area contributed by atoms with Crippen molar-refractivity contribution in [1.82, 2.24) is 0 Å². The van der Waals surface area contributed by atoms with Crippen LogP contribution < -0.4 is 18.6 Å². The van der Waals surface area contributed by atoms with E-state index in [1.165, 1.54) is 50.3 Å². The van der Waals surface area contributed by atoms with Crippen LogP contribution in [0, 0.1) is 17.0 Å². The number of amides is 1. The quantitative estimate of drug-likeness (QED) is 0.118. The number of nitro benzene ring substituents is 1. The van der Waals surface area contributed by atoms with Crippen molar-refractivity contribution in [3.63, 3.8) is 0 Å². The highest BCUT2D eigenvalue weighted by Crippen LogP contribution is 2.40. The van der Waals surface area contributed by atoms with Gasteiger partial charge in [0, 0.05) is 11.6 Å². The average Bonchev–Trinajstić information content (AvgIpc) is 3.16. The minimum atomic E-state index is -4.41. The van der Waals surface area contributed by atoms with Crippen molar-refractivity contribution in [3.8, 4) is 17.2 Å². The lowest BCUT2D eigenvalue weighted by Crippen LogP contribution is -2.27. The molecule has 1 amide bonds. The van der Waals surface area contributed by atoms with Crippen LogP contribution in [0.25, 0.3) is 6.08 Å². The topological polar surface area (TPSA) is 125 Å². The zero-order valence-electron chi connectivity index (χ0n) is 20.2. The molecule has 1 fully saturated rings. The molecule has 3 aromatic rings. The lowest BCUT2D eigenvalue weighted by molar-refractivity contribution is -0.385. The Balaban J connectivity index is 1.62. The van der Waals surface area contributed by atoms with Gasteiger partial charge in [-0.3, -0.25) is 19.8 Å². The fraction of sp³-hybridized carbons (Fsp3) is 0.120. The van der Waals surface area contributed by atoms with E-state index in [-0.39, 0.29) is 28.0 Å². The third kappa shape index (κ3) is 5.35. The molecule has 0 atom stereocenters. The van der Waals surface area contributed by atoms with Crippen LogP contribution in [0.15, 0.2) is 70.5 Å². The molecule has 1 aliphatic heterocycles. The second kappa shape index (κ2) is 10.8. The lowest BCUT2D eigenvalue weighted by atomic mass is 10.2. The normalized spacial score (nSPS) is 14.6. The van der Waals surface area contributed by atoms with Gasteiger partial charge in [0.05, 0.1) is 29.7 Å². The number of aryl methyl sites for hydroxylation is 1. The molecular weight excluding hydrogens is 552 g/mol. The monoisotopic (exact) mass is 572 g/mol. The van der Waals surface area contributed by atoms with Crippen molar-refractivity contribution in [3.05, 3.63) is 86.8 Å². The van der Waals surface area contributed by atoms with Crippen molar-refractivity contribution in [2.24, 2.45) is 0 Å². The van der Waals surface area contributed by atoms with E-state index in [0.717, 1.165) is 17.8 Å². The van der Waals surface area contributed by atoms with E-state index in [9.17, 15) is 23.3 Å². The van der Waals surface area contributed by atoms with Gasteiger partial charge >= 0.3 is 10.1 Å². The number of nitrogens with zero attached hydrogens (tertiary/aromatic N) is 2. The molecule has 0 aliphatic carbocycles. The Morgan fingerprint density at radius 1 is 1.00 bits per heavy atom. The van der Waals surface area contributed by atoms with Gasteiger partial charge in [-0.05, 0) is 48.9 Å². The smallest absolute Gasteiger partial charge is 0.339 e. The molecule has 0 spiro atoms. The van der Waals surface area contributed by atoms with Gasteiger partial charge in [0.25, 0.3) is 11.6 Å². The Morgan fingerprint density at radius 2 is 1.71 bits per heavy atom. The van der Waals surface area contributed by atoms with Gasteiger partial charge in [0.2, 0.25) is 0 Å². The summed E-state index contributed by atoms with van der Waals surface area (Å²) < 4.78 is 41.9. The van der Waals surface area contributed by atoms with Crippen LogP contribution in [0.4, 0.5) is 11.4 Å². The molecule has 0 aromatic heterocycles. The van der Waals surface area contributed by atoms with Gasteiger partial charge in [0.1, 0.15) is 10.6 Å². The third-order valence-corrected chi connectivity index (χ3v) is 8.00. The van der Waals surface area contributed by atoms with Gasteiger partial charge < -0.3 is 13.7 Å². The SMILES string of the molecule is COc1cc(/C=C2\SC(=S)N(c3ccccc3OC)C2=O)ccc1OS(=O)(=O)c1ccc(C)c([N+](=O)[O-])c1. The van der Waals surface area contributed by atoms with Gasteiger partial charge in [-0.2, -0.15) is 8.42 Å². The zero-order valence-corrected chi connectivity index (χ0v) is 22.7. The van der Waals surface area contributed by atoms with Crippen molar-refractivity contribution >= 4 is 61.8 Å². The summed E-state index contributed by atoms with van der Waals surface area (Å²) in [6.45, 7) is 1.50. The number of carbonyl (C=O) groups excluding carboxylic acids is 1. The molecule has 196 valence electrons. The van der Waals surface area contributed by atoms with Crippen molar-refractivity contribution in [2.75, 3.05) is 19.1 Å². The summed E-state index contributed by atoms with van der Waals surface area (Å²) in [5, 5.41) is 11.2. The largest absolute Gasteiger partial charge is 0.495 e. The molecule has 1 saturated heterocycles. The van der Waals surface area contributed by atoms with E-state index in [1.54, 1.807) is 36.4 Å². The number of methoxy groups -OCH3 is 2. The number of ether oxygens (including phenoxy) is 2. The number of anilines is 1. The van der Waals surface area contributed by atoms with Crippen molar-refractivity contribution in [2.45, 2.75) is 11.8 Å². The molecule has 3 aromatic carbocycles. The Kier molecular flexibility index (Phi) is 7.71. The van der Waals surface area contributed by atoms with Gasteiger partial charge in [-0.1, -0.05) is 48.2 Å². The second-order valence-electron chi connectivity index (χ2n) is 7.84. The Hall–Kier alpha value is -3.94. The predicted molar refractivity (Wildman–Crippen MR) is 147 cm³/mol. The minimum Gasteiger partial charge on any atom is -0.495 e. The van der Waals surface area contributed by atoms with E-state index in [4.69, 9.17) is 25.9 Å². The number of hydrogen-bond acceptors (Lipinski definition) is 10. The molecule has 38 heavy (non-hydrogen) atoms. The van der Waals surface area contributed by atoms with Crippen LogP contribution in [-0.2, 0) is 14.9 Å². The number of hydrogen-bond donors (Lipinski definition) is 0. The minimum absolute atomic E-state index is 0.0733. The van der Waals surface area contributed by atoms with E-state index in [2.05, 4.69) is 0 Å². The number of thioether (sulfide) groups is 1. The van der Waals surface area contributed by atoms with Crippen LogP contribution in [0.2, 0.25) is 0 Å². The molecule has 0 radical (unpaired) electrons. The Labute approximate surface area is 228 Å². The zero-order chi connectivity index (χ0) is 27.6. The van der Waals surface area contributed by atoms with Crippen molar-refractivity contribution < 1.29 is 31.8 Å². The maximum atomic E-state index is 13.2. The molecule has 1 aliphatic rings. The molecule has 0 bridgehead atoms. The molecule has 0 unspecified atom stereocenters. The van der Waals surface area contributed by atoms with Gasteiger partial charge in [0.15, 0.2) is 15.8 Å². The summed E-state index contributed by atoms with van der Waals surface area (Å²) in [7, 11) is -1.58. The summed E-state index contributed by atoms with van der Waals surface area (Å²) in [6.07, 6.45) is 1.60. The molecule has 1 heterocycles. The van der Waals surface area contributed by atoms with Crippen LogP contribution in [0.1, 0.15) is 11.1 Å². The summed E-state index contributed by atoms with van der Waals surface area (Å²) in [5.41, 5.74) is 1.01. The Morgan fingerprint density at radius 3 is 2.39 bits per heavy atom. The van der Waals surface area contributed by atoms with E-state index in [1.807, 2.05) is 0 Å². The van der Waals surface area contributed by atoms with Crippen LogP contribution in [0.3, 0.4) is 0 Å². The Bertz CT molecular complexity index is 1600. The van der Waals surface area contributed by atoms with Crippen LogP contribution in [0.5, 0.6) is 17.2 Å². The highest BCUT2D eigenvalue weighted by atomic mass is 32.2. The number of carbonyl (C=O) groups is 1. The third-order valence-electron chi connectivity index (χ3n) is 5.47. The summed E-state index contributed by atoms with van der Waals surface area (Å²) in [4.78, 5) is 25.1. The fourth-order valence-electron chi connectivity index (χ4n) is 3.59. The molecule has 10 nitrogen and oxygen atoms in total. The number of benzene rings is 3.